The Morgan fingerprint density at radius 1 is 0.941 bits per heavy atom. The SMILES string of the molecule is COc1cccc(-n2cccc2C2C(c3ccccn3)NC(=S)N2c2ccc(N(C)C)cc2)c1. The number of methoxy groups -OCH3 is 1. The molecule has 34 heavy (non-hydrogen) atoms. The maximum atomic E-state index is 5.88. The van der Waals surface area contributed by atoms with Crippen molar-refractivity contribution in [2.24, 2.45) is 0 Å². The van der Waals surface area contributed by atoms with Crippen LogP contribution < -0.4 is 19.9 Å². The Kier molecular flexibility index (Phi) is 5.94. The van der Waals surface area contributed by atoms with E-state index in [-0.39, 0.29) is 12.1 Å². The van der Waals surface area contributed by atoms with Crippen molar-refractivity contribution in [3.8, 4) is 11.4 Å². The zero-order valence-corrected chi connectivity index (χ0v) is 20.2. The van der Waals surface area contributed by atoms with Crippen LogP contribution in [0.3, 0.4) is 0 Å². The summed E-state index contributed by atoms with van der Waals surface area (Å²) in [5.74, 6) is 0.814. The quantitative estimate of drug-likeness (QED) is 0.395. The summed E-state index contributed by atoms with van der Waals surface area (Å²) in [5.41, 5.74) is 5.25. The van der Waals surface area contributed by atoms with E-state index in [4.69, 9.17) is 17.0 Å². The smallest absolute Gasteiger partial charge is 0.174 e. The number of aromatic nitrogens is 2. The Morgan fingerprint density at radius 3 is 2.47 bits per heavy atom. The minimum Gasteiger partial charge on any atom is -0.497 e. The molecule has 2 unspecified atom stereocenters. The topological polar surface area (TPSA) is 45.6 Å². The van der Waals surface area contributed by atoms with Gasteiger partial charge in [0.15, 0.2) is 5.11 Å². The third-order valence-corrected chi connectivity index (χ3v) is 6.47. The van der Waals surface area contributed by atoms with Gasteiger partial charge in [0.05, 0.1) is 18.8 Å². The highest BCUT2D eigenvalue weighted by atomic mass is 32.1. The van der Waals surface area contributed by atoms with Crippen molar-refractivity contribution in [1.82, 2.24) is 14.9 Å². The second-order valence-corrected chi connectivity index (χ2v) is 8.80. The lowest BCUT2D eigenvalue weighted by molar-refractivity contribution is 0.414. The molecule has 0 spiro atoms. The molecule has 1 saturated heterocycles. The molecule has 0 amide bonds. The summed E-state index contributed by atoms with van der Waals surface area (Å²) in [6.07, 6.45) is 3.90. The van der Waals surface area contributed by atoms with Crippen LogP contribution in [0.5, 0.6) is 5.75 Å². The van der Waals surface area contributed by atoms with Crippen molar-refractivity contribution in [2.45, 2.75) is 12.1 Å². The molecule has 2 atom stereocenters. The van der Waals surface area contributed by atoms with Gasteiger partial charge in [0.2, 0.25) is 0 Å². The molecule has 1 N–H and O–H groups in total. The fourth-order valence-corrected chi connectivity index (χ4v) is 4.82. The van der Waals surface area contributed by atoms with Gasteiger partial charge in [0, 0.05) is 55.3 Å². The van der Waals surface area contributed by atoms with Gasteiger partial charge in [-0.05, 0) is 72.9 Å². The first-order valence-electron chi connectivity index (χ1n) is 11.2. The Hall–Kier alpha value is -3.84. The third-order valence-electron chi connectivity index (χ3n) is 6.16. The van der Waals surface area contributed by atoms with E-state index in [0.29, 0.717) is 5.11 Å². The minimum atomic E-state index is -0.110. The summed E-state index contributed by atoms with van der Waals surface area (Å²) in [5, 5.41) is 4.22. The number of pyridine rings is 1. The Morgan fingerprint density at radius 2 is 1.76 bits per heavy atom. The molecule has 2 aromatic carbocycles. The van der Waals surface area contributed by atoms with E-state index in [1.54, 1.807) is 7.11 Å². The van der Waals surface area contributed by atoms with E-state index in [1.807, 2.05) is 56.7 Å². The molecule has 172 valence electrons. The molecule has 7 heteroatoms. The predicted octanol–water partition coefficient (Wildman–Crippen LogP) is 5.12. The highest BCUT2D eigenvalue weighted by Gasteiger charge is 2.42. The van der Waals surface area contributed by atoms with Crippen LogP contribution in [0.25, 0.3) is 5.69 Å². The molecule has 1 aliphatic rings. The van der Waals surface area contributed by atoms with Crippen LogP contribution in [0.15, 0.2) is 91.3 Å². The average Bonchev–Trinajstić information content (AvgIpc) is 3.49. The van der Waals surface area contributed by atoms with Crippen LogP contribution in [-0.4, -0.2) is 35.9 Å². The van der Waals surface area contributed by atoms with Gasteiger partial charge in [0.25, 0.3) is 0 Å². The summed E-state index contributed by atoms with van der Waals surface area (Å²) >= 11 is 5.88. The number of rotatable bonds is 6. The van der Waals surface area contributed by atoms with Gasteiger partial charge in [0.1, 0.15) is 11.8 Å². The van der Waals surface area contributed by atoms with Crippen molar-refractivity contribution in [3.05, 3.63) is 103 Å². The van der Waals surface area contributed by atoms with Gasteiger partial charge in [-0.2, -0.15) is 0 Å². The molecule has 3 heterocycles. The van der Waals surface area contributed by atoms with E-state index in [9.17, 15) is 0 Å². The molecule has 1 fully saturated rings. The van der Waals surface area contributed by atoms with Crippen molar-refractivity contribution in [2.75, 3.05) is 31.0 Å². The molecule has 5 rings (SSSR count). The Balaban J connectivity index is 1.64. The summed E-state index contributed by atoms with van der Waals surface area (Å²) in [6.45, 7) is 0. The summed E-state index contributed by atoms with van der Waals surface area (Å²) in [7, 11) is 5.77. The second-order valence-electron chi connectivity index (χ2n) is 8.41. The first kappa shape index (κ1) is 22.0. The van der Waals surface area contributed by atoms with Crippen molar-refractivity contribution in [3.63, 3.8) is 0 Å². The van der Waals surface area contributed by atoms with E-state index in [2.05, 4.69) is 73.3 Å². The van der Waals surface area contributed by atoms with Gasteiger partial charge in [-0.25, -0.2) is 0 Å². The first-order chi connectivity index (χ1) is 16.6. The zero-order chi connectivity index (χ0) is 23.7. The maximum absolute atomic E-state index is 5.88. The largest absolute Gasteiger partial charge is 0.497 e. The number of thiocarbonyl (C=S) groups is 1. The number of nitrogens with one attached hydrogen (secondary N) is 1. The molecular formula is C27H27N5OS. The highest BCUT2D eigenvalue weighted by Crippen LogP contribution is 2.42. The van der Waals surface area contributed by atoms with Crippen LogP contribution >= 0.6 is 12.2 Å². The van der Waals surface area contributed by atoms with Gasteiger partial charge in [-0.3, -0.25) is 4.98 Å². The predicted molar refractivity (Wildman–Crippen MR) is 141 cm³/mol. The molecule has 0 saturated carbocycles. The highest BCUT2D eigenvalue weighted by molar-refractivity contribution is 7.80. The Labute approximate surface area is 205 Å². The van der Waals surface area contributed by atoms with Gasteiger partial charge in [-0.1, -0.05) is 12.1 Å². The number of nitrogens with zero attached hydrogens (tertiary/aromatic N) is 4. The normalized spacial score (nSPS) is 17.5. The molecule has 0 radical (unpaired) electrons. The molecule has 2 aromatic heterocycles. The van der Waals surface area contributed by atoms with E-state index in [1.165, 1.54) is 0 Å². The van der Waals surface area contributed by atoms with E-state index >= 15 is 0 Å². The molecule has 6 nitrogen and oxygen atoms in total. The second kappa shape index (κ2) is 9.19. The number of hydrogen-bond donors (Lipinski definition) is 1. The zero-order valence-electron chi connectivity index (χ0n) is 19.4. The Bertz CT molecular complexity index is 1290. The lowest BCUT2D eigenvalue weighted by Crippen LogP contribution is -2.30. The fourth-order valence-electron chi connectivity index (χ4n) is 4.48. The number of ether oxygens (including phenoxy) is 1. The molecule has 4 aromatic rings. The van der Waals surface area contributed by atoms with Crippen LogP contribution in [0, 0.1) is 0 Å². The molecule has 0 aliphatic carbocycles. The third kappa shape index (κ3) is 3.99. The minimum absolute atomic E-state index is 0.103. The number of hydrogen-bond acceptors (Lipinski definition) is 4. The molecule has 0 bridgehead atoms. The standard InChI is InChI=1S/C27H27N5OS/c1-30(2)19-12-14-20(15-13-19)32-26(25(29-27(32)34)23-10-4-5-16-28-23)24-11-7-17-31(24)21-8-6-9-22(18-21)33-3/h4-18,25-26H,1-3H3,(H,29,34). The lowest BCUT2D eigenvalue weighted by Gasteiger charge is -2.29. The van der Waals surface area contributed by atoms with Crippen LogP contribution in [0.4, 0.5) is 11.4 Å². The van der Waals surface area contributed by atoms with Crippen LogP contribution in [0.1, 0.15) is 23.5 Å². The lowest BCUT2D eigenvalue weighted by atomic mass is 10.0. The van der Waals surface area contributed by atoms with Crippen molar-refractivity contribution >= 4 is 28.7 Å². The first-order valence-corrected chi connectivity index (χ1v) is 11.6. The maximum Gasteiger partial charge on any atom is 0.174 e. The van der Waals surface area contributed by atoms with Crippen molar-refractivity contribution < 1.29 is 4.74 Å². The average molecular weight is 470 g/mol. The van der Waals surface area contributed by atoms with E-state index in [0.717, 1.165) is 34.2 Å². The van der Waals surface area contributed by atoms with E-state index < -0.39 is 0 Å². The molecule has 1 aliphatic heterocycles. The fraction of sp³-hybridized carbons (Fsp3) is 0.185. The number of benzene rings is 2. The molecular weight excluding hydrogens is 442 g/mol. The van der Waals surface area contributed by atoms with Crippen LogP contribution in [0.2, 0.25) is 0 Å². The van der Waals surface area contributed by atoms with Crippen molar-refractivity contribution in [1.29, 1.82) is 0 Å². The van der Waals surface area contributed by atoms with Crippen LogP contribution in [-0.2, 0) is 0 Å². The van der Waals surface area contributed by atoms with Gasteiger partial charge in [-0.15, -0.1) is 0 Å². The summed E-state index contributed by atoms with van der Waals surface area (Å²) < 4.78 is 7.67. The summed E-state index contributed by atoms with van der Waals surface area (Å²) in [6, 6.07) is 26.5. The summed E-state index contributed by atoms with van der Waals surface area (Å²) in [4.78, 5) is 8.95. The van der Waals surface area contributed by atoms with Gasteiger partial charge < -0.3 is 24.4 Å². The monoisotopic (exact) mass is 469 g/mol. The number of anilines is 2. The van der Waals surface area contributed by atoms with Gasteiger partial charge >= 0.3 is 0 Å².